The van der Waals surface area contributed by atoms with Crippen LogP contribution >= 0.6 is 0 Å². The maximum Gasteiger partial charge on any atom is 0.414 e. The minimum atomic E-state index is -0.331. The van der Waals surface area contributed by atoms with E-state index >= 15 is 0 Å². The Morgan fingerprint density at radius 1 is 1.37 bits per heavy atom. The van der Waals surface area contributed by atoms with E-state index in [2.05, 4.69) is 21.8 Å². The minimum absolute atomic E-state index is 0.331. The summed E-state index contributed by atoms with van der Waals surface area (Å²) in [4.78, 5) is 23.4. The number of nitrogens with one attached hydrogen (secondary N) is 1. The number of imidazole rings is 1. The van der Waals surface area contributed by atoms with Crippen LogP contribution in [-0.4, -0.2) is 42.9 Å². The molecule has 1 N–H and O–H groups in total. The van der Waals surface area contributed by atoms with Crippen LogP contribution in [-0.2, 0) is 11.3 Å². The second kappa shape index (κ2) is 9.30. The Hall–Kier alpha value is -2.70. The highest BCUT2D eigenvalue weighted by Gasteiger charge is 2.21. The van der Waals surface area contributed by atoms with E-state index in [0.717, 1.165) is 42.2 Å². The fraction of sp³-hybridized carbons (Fsp3) is 0.500. The smallest absolute Gasteiger partial charge is 0.414 e. The van der Waals surface area contributed by atoms with Crippen LogP contribution < -0.4 is 14.5 Å². The number of fused-ring (bicyclic) bond motifs is 1. The molecule has 146 valence electrons. The molecule has 1 aromatic heterocycles. The lowest BCUT2D eigenvalue weighted by Gasteiger charge is -2.31. The molecule has 1 aliphatic heterocycles. The molecule has 1 amide bonds. The highest BCUT2D eigenvalue weighted by molar-refractivity contribution is 5.88. The summed E-state index contributed by atoms with van der Waals surface area (Å²) in [6.07, 6.45) is 7.57. The van der Waals surface area contributed by atoms with Crippen molar-refractivity contribution in [3.63, 3.8) is 0 Å². The Morgan fingerprint density at radius 2 is 2.26 bits per heavy atom. The molecule has 27 heavy (non-hydrogen) atoms. The fourth-order valence-corrected chi connectivity index (χ4v) is 3.10. The van der Waals surface area contributed by atoms with Crippen LogP contribution in [0.5, 0.6) is 5.75 Å². The number of H-pyrrole nitrogens is 1. The molecule has 0 bridgehead atoms. The standard InChI is InChI=1S/C20H28N4O3/c1-3-4-5-6-10-27-20(25)23(2)17-7-8-19-18(12-17)24(9-11-26-19)14-16-13-21-15-22-16/h7-8,12-13,15H,3-6,9-11,14H2,1-2H3,(H,21,22). The maximum absolute atomic E-state index is 12.3. The van der Waals surface area contributed by atoms with Gasteiger partial charge in [-0.25, -0.2) is 9.78 Å². The molecule has 7 nitrogen and oxygen atoms in total. The van der Waals surface area contributed by atoms with Crippen molar-refractivity contribution in [3.8, 4) is 5.75 Å². The lowest BCUT2D eigenvalue weighted by atomic mass is 10.2. The maximum atomic E-state index is 12.3. The number of aromatic amines is 1. The van der Waals surface area contributed by atoms with E-state index in [9.17, 15) is 4.79 Å². The lowest BCUT2D eigenvalue weighted by molar-refractivity contribution is 0.152. The predicted molar refractivity (Wildman–Crippen MR) is 105 cm³/mol. The van der Waals surface area contributed by atoms with Gasteiger partial charge in [0.05, 0.1) is 37.4 Å². The minimum Gasteiger partial charge on any atom is -0.490 e. The molecule has 2 aromatic rings. The van der Waals surface area contributed by atoms with Crippen molar-refractivity contribution in [2.45, 2.75) is 39.2 Å². The van der Waals surface area contributed by atoms with Gasteiger partial charge in [-0.15, -0.1) is 0 Å². The van der Waals surface area contributed by atoms with Gasteiger partial charge in [-0.1, -0.05) is 26.2 Å². The first-order valence-corrected chi connectivity index (χ1v) is 9.59. The van der Waals surface area contributed by atoms with Crippen LogP contribution in [0.1, 0.15) is 38.3 Å². The van der Waals surface area contributed by atoms with E-state index < -0.39 is 0 Å². The summed E-state index contributed by atoms with van der Waals surface area (Å²) in [7, 11) is 1.73. The molecule has 3 rings (SSSR count). The van der Waals surface area contributed by atoms with E-state index in [4.69, 9.17) is 9.47 Å². The third-order valence-electron chi connectivity index (χ3n) is 4.69. The zero-order chi connectivity index (χ0) is 19.1. The SMILES string of the molecule is CCCCCCOC(=O)N(C)c1ccc2c(c1)N(Cc1c[nH]cn1)CCO2. The zero-order valence-electron chi connectivity index (χ0n) is 16.1. The van der Waals surface area contributed by atoms with Gasteiger partial charge in [0.1, 0.15) is 12.4 Å². The van der Waals surface area contributed by atoms with Gasteiger partial charge in [0.15, 0.2) is 0 Å². The van der Waals surface area contributed by atoms with Crippen LogP contribution in [0.4, 0.5) is 16.2 Å². The Morgan fingerprint density at radius 3 is 3.04 bits per heavy atom. The van der Waals surface area contributed by atoms with Crippen molar-refractivity contribution in [2.24, 2.45) is 0 Å². The number of amides is 1. The Balaban J connectivity index is 1.65. The van der Waals surface area contributed by atoms with E-state index in [1.165, 1.54) is 12.8 Å². The summed E-state index contributed by atoms with van der Waals surface area (Å²) in [5.41, 5.74) is 2.71. The van der Waals surface area contributed by atoms with Crippen LogP contribution in [0.25, 0.3) is 0 Å². The van der Waals surface area contributed by atoms with E-state index in [1.807, 2.05) is 24.4 Å². The van der Waals surface area contributed by atoms with Crippen molar-refractivity contribution < 1.29 is 14.3 Å². The molecule has 0 unspecified atom stereocenters. The largest absolute Gasteiger partial charge is 0.490 e. The van der Waals surface area contributed by atoms with Gasteiger partial charge in [-0.3, -0.25) is 4.90 Å². The van der Waals surface area contributed by atoms with Gasteiger partial charge < -0.3 is 19.4 Å². The molecule has 0 spiro atoms. The first-order valence-electron chi connectivity index (χ1n) is 9.59. The average molecular weight is 372 g/mol. The summed E-state index contributed by atoms with van der Waals surface area (Å²) >= 11 is 0. The third kappa shape index (κ3) is 4.93. The molecule has 0 fully saturated rings. The van der Waals surface area contributed by atoms with Gasteiger partial charge in [-0.05, 0) is 24.6 Å². The van der Waals surface area contributed by atoms with Crippen molar-refractivity contribution in [1.29, 1.82) is 0 Å². The van der Waals surface area contributed by atoms with Gasteiger partial charge in [-0.2, -0.15) is 0 Å². The molecule has 0 atom stereocenters. The van der Waals surface area contributed by atoms with Crippen molar-refractivity contribution in [3.05, 3.63) is 36.4 Å². The highest BCUT2D eigenvalue weighted by Crippen LogP contribution is 2.35. The average Bonchev–Trinajstić information content (AvgIpc) is 3.20. The predicted octanol–water partition coefficient (Wildman–Crippen LogP) is 3.96. The van der Waals surface area contributed by atoms with E-state index in [1.54, 1.807) is 18.3 Å². The van der Waals surface area contributed by atoms with Gasteiger partial charge in [0.2, 0.25) is 0 Å². The van der Waals surface area contributed by atoms with Crippen molar-refractivity contribution in [2.75, 3.05) is 36.6 Å². The fourth-order valence-electron chi connectivity index (χ4n) is 3.10. The van der Waals surface area contributed by atoms with Gasteiger partial charge >= 0.3 is 6.09 Å². The second-order valence-corrected chi connectivity index (χ2v) is 6.72. The van der Waals surface area contributed by atoms with Crippen molar-refractivity contribution in [1.82, 2.24) is 9.97 Å². The second-order valence-electron chi connectivity index (χ2n) is 6.72. The number of ether oxygens (including phenoxy) is 2. The molecule has 1 aliphatic rings. The van der Waals surface area contributed by atoms with Crippen LogP contribution in [0.15, 0.2) is 30.7 Å². The zero-order valence-corrected chi connectivity index (χ0v) is 16.1. The monoisotopic (exact) mass is 372 g/mol. The molecule has 0 saturated heterocycles. The Labute approximate surface area is 160 Å². The normalized spacial score (nSPS) is 13.0. The van der Waals surface area contributed by atoms with Crippen LogP contribution in [0.3, 0.4) is 0 Å². The van der Waals surface area contributed by atoms with Crippen LogP contribution in [0.2, 0.25) is 0 Å². The Kier molecular flexibility index (Phi) is 6.57. The first kappa shape index (κ1) is 19.1. The van der Waals surface area contributed by atoms with Crippen LogP contribution in [0, 0.1) is 0 Å². The van der Waals surface area contributed by atoms with E-state index in [-0.39, 0.29) is 6.09 Å². The summed E-state index contributed by atoms with van der Waals surface area (Å²) in [6, 6.07) is 5.76. The number of unbranched alkanes of at least 4 members (excludes halogenated alkanes) is 3. The van der Waals surface area contributed by atoms with Gasteiger partial charge in [0, 0.05) is 18.9 Å². The summed E-state index contributed by atoms with van der Waals surface area (Å²) < 4.78 is 11.2. The Bertz CT molecular complexity index is 733. The number of nitrogens with zero attached hydrogens (tertiary/aromatic N) is 3. The number of benzene rings is 1. The summed E-state index contributed by atoms with van der Waals surface area (Å²) in [5.74, 6) is 0.821. The molecule has 0 aliphatic carbocycles. The number of carbonyl (C=O) groups is 1. The summed E-state index contributed by atoms with van der Waals surface area (Å²) in [6.45, 7) is 4.72. The van der Waals surface area contributed by atoms with Crippen molar-refractivity contribution >= 4 is 17.5 Å². The number of hydrogen-bond donors (Lipinski definition) is 1. The number of aromatic nitrogens is 2. The quantitative estimate of drug-likeness (QED) is 0.710. The van der Waals surface area contributed by atoms with E-state index in [0.29, 0.717) is 19.8 Å². The third-order valence-corrected chi connectivity index (χ3v) is 4.69. The molecule has 2 heterocycles. The highest BCUT2D eigenvalue weighted by atomic mass is 16.6. The topological polar surface area (TPSA) is 70.7 Å². The molecule has 7 heteroatoms. The summed E-state index contributed by atoms with van der Waals surface area (Å²) in [5, 5.41) is 0. The molecular formula is C20H28N4O3. The number of hydrogen-bond acceptors (Lipinski definition) is 5. The number of rotatable bonds is 8. The van der Waals surface area contributed by atoms with Gasteiger partial charge in [0.25, 0.3) is 0 Å². The lowest BCUT2D eigenvalue weighted by Crippen LogP contribution is -2.33. The molecule has 0 saturated carbocycles. The first-order chi connectivity index (χ1) is 13.2. The molecule has 0 radical (unpaired) electrons. The molecule has 1 aromatic carbocycles. The molecular weight excluding hydrogens is 344 g/mol. The number of carbonyl (C=O) groups excluding carboxylic acids is 1. The number of anilines is 2.